The highest BCUT2D eigenvalue weighted by atomic mass is 16.5. The molecule has 3 aliphatic rings. The summed E-state index contributed by atoms with van der Waals surface area (Å²) in [5.74, 6) is -0.000141. The Hall–Kier alpha value is -4.59. The minimum atomic E-state index is -0.361. The van der Waals surface area contributed by atoms with E-state index in [0.717, 1.165) is 61.7 Å². The van der Waals surface area contributed by atoms with E-state index < -0.39 is 0 Å². The van der Waals surface area contributed by atoms with Gasteiger partial charge < -0.3 is 29.3 Å². The lowest BCUT2D eigenvalue weighted by Crippen LogP contribution is -2.48. The zero-order valence-corrected chi connectivity index (χ0v) is 28.0. The van der Waals surface area contributed by atoms with E-state index in [0.29, 0.717) is 44.3 Å². The number of fused-ring (bicyclic) bond motifs is 1. The van der Waals surface area contributed by atoms with Gasteiger partial charge in [-0.3, -0.25) is 14.5 Å². The van der Waals surface area contributed by atoms with Crippen molar-refractivity contribution in [1.82, 2.24) is 29.5 Å². The number of nitrogens with one attached hydrogen (secondary N) is 1. The second kappa shape index (κ2) is 15.3. The van der Waals surface area contributed by atoms with Gasteiger partial charge in [-0.25, -0.2) is 4.68 Å². The van der Waals surface area contributed by atoms with Crippen LogP contribution in [0.2, 0.25) is 0 Å². The number of hydrogen-bond donors (Lipinski definition) is 1. The van der Waals surface area contributed by atoms with Crippen LogP contribution in [0.25, 0.3) is 10.9 Å². The normalized spacial score (nSPS) is 20.4. The third kappa shape index (κ3) is 8.01. The molecule has 13 heteroatoms. The second-order valence-corrected chi connectivity index (χ2v) is 13.0. The zero-order chi connectivity index (χ0) is 33.6. The summed E-state index contributed by atoms with van der Waals surface area (Å²) in [4.78, 5) is 42.1. The van der Waals surface area contributed by atoms with Crippen LogP contribution in [0.15, 0.2) is 60.8 Å². The Morgan fingerprint density at radius 2 is 1.82 bits per heavy atom. The van der Waals surface area contributed by atoms with Crippen LogP contribution in [0.1, 0.15) is 54.4 Å². The number of piperazine rings is 1. The number of carbonyl (C=O) groups excluding carboxylic acids is 2. The molecule has 0 bridgehead atoms. The highest BCUT2D eigenvalue weighted by Gasteiger charge is 2.26. The molecule has 258 valence electrons. The molecule has 1 amide bonds. The first-order valence-corrected chi connectivity index (χ1v) is 17.3. The van der Waals surface area contributed by atoms with E-state index >= 15 is 0 Å². The van der Waals surface area contributed by atoms with E-state index in [2.05, 4.69) is 37.1 Å². The third-order valence-corrected chi connectivity index (χ3v) is 9.61. The summed E-state index contributed by atoms with van der Waals surface area (Å²) < 4.78 is 19.5. The van der Waals surface area contributed by atoms with Gasteiger partial charge in [0.25, 0.3) is 5.91 Å². The number of esters is 1. The number of rotatable bonds is 11. The van der Waals surface area contributed by atoms with Gasteiger partial charge in [-0.1, -0.05) is 36.4 Å². The maximum atomic E-state index is 13.8. The first-order chi connectivity index (χ1) is 24.0. The molecule has 3 aliphatic heterocycles. The SMILES string of the molecule is CN1CCC[C@H]1COc1nc(C(=O)Nc2cccc3c2cnn3C2CCCCO2)cc(N2CCN(CC(=O)OCc3ccccc3)CC2)n1. The maximum Gasteiger partial charge on any atom is 0.320 e. The van der Waals surface area contributed by atoms with Crippen LogP contribution < -0.4 is 15.0 Å². The largest absolute Gasteiger partial charge is 0.462 e. The van der Waals surface area contributed by atoms with Gasteiger partial charge in [-0.2, -0.15) is 15.1 Å². The highest BCUT2D eigenvalue weighted by Crippen LogP contribution is 2.30. The number of anilines is 2. The molecule has 4 aromatic rings. The van der Waals surface area contributed by atoms with Gasteiger partial charge in [-0.05, 0) is 63.4 Å². The van der Waals surface area contributed by atoms with Crippen molar-refractivity contribution in [2.24, 2.45) is 0 Å². The Bertz CT molecular complexity index is 1740. The first kappa shape index (κ1) is 32.9. The summed E-state index contributed by atoms with van der Waals surface area (Å²) in [5.41, 5.74) is 2.72. The fraction of sp³-hybridized carbons (Fsp3) is 0.472. The molecular formula is C36H44N8O5. The molecule has 0 aliphatic carbocycles. The van der Waals surface area contributed by atoms with E-state index in [9.17, 15) is 9.59 Å². The number of aromatic nitrogens is 4. The minimum absolute atomic E-state index is 0.111. The number of likely N-dealkylation sites (N-methyl/N-ethyl adjacent to an activating group) is 1. The second-order valence-electron chi connectivity index (χ2n) is 13.0. The van der Waals surface area contributed by atoms with Crippen molar-refractivity contribution in [1.29, 1.82) is 0 Å². The summed E-state index contributed by atoms with van der Waals surface area (Å²) >= 11 is 0. The van der Waals surface area contributed by atoms with Crippen LogP contribution in [0.3, 0.4) is 0 Å². The Labute approximate surface area is 286 Å². The summed E-state index contributed by atoms with van der Waals surface area (Å²) in [7, 11) is 2.09. The van der Waals surface area contributed by atoms with Gasteiger partial charge in [0.2, 0.25) is 0 Å². The number of ether oxygens (including phenoxy) is 3. The van der Waals surface area contributed by atoms with Crippen molar-refractivity contribution in [2.75, 3.05) is 69.7 Å². The first-order valence-electron chi connectivity index (χ1n) is 17.3. The van der Waals surface area contributed by atoms with Gasteiger partial charge >= 0.3 is 12.0 Å². The van der Waals surface area contributed by atoms with Crippen LogP contribution in [0, 0.1) is 0 Å². The third-order valence-electron chi connectivity index (χ3n) is 9.61. The predicted octanol–water partition coefficient (Wildman–Crippen LogP) is 4.12. The quantitative estimate of drug-likeness (QED) is 0.232. The van der Waals surface area contributed by atoms with Crippen LogP contribution >= 0.6 is 0 Å². The monoisotopic (exact) mass is 668 g/mol. The lowest BCUT2D eigenvalue weighted by molar-refractivity contribution is -0.146. The average molecular weight is 669 g/mol. The van der Waals surface area contributed by atoms with Crippen LogP contribution in [0.4, 0.5) is 11.5 Å². The fourth-order valence-electron chi connectivity index (χ4n) is 6.73. The summed E-state index contributed by atoms with van der Waals surface area (Å²) in [6.07, 6.45) is 6.89. The summed E-state index contributed by atoms with van der Waals surface area (Å²) in [6.45, 7) is 5.21. The van der Waals surface area contributed by atoms with Crippen molar-refractivity contribution in [3.8, 4) is 6.01 Å². The molecule has 1 unspecified atom stereocenters. The van der Waals surface area contributed by atoms with Crippen molar-refractivity contribution < 1.29 is 23.8 Å². The summed E-state index contributed by atoms with van der Waals surface area (Å²) in [5, 5.41) is 8.51. The summed E-state index contributed by atoms with van der Waals surface area (Å²) in [6, 6.07) is 17.6. The highest BCUT2D eigenvalue weighted by molar-refractivity contribution is 6.08. The average Bonchev–Trinajstić information content (AvgIpc) is 3.77. The zero-order valence-electron chi connectivity index (χ0n) is 28.0. The minimum Gasteiger partial charge on any atom is -0.462 e. The van der Waals surface area contributed by atoms with Gasteiger partial charge in [0.15, 0.2) is 6.23 Å². The van der Waals surface area contributed by atoms with E-state index in [-0.39, 0.29) is 49.0 Å². The molecule has 1 N–H and O–H groups in total. The van der Waals surface area contributed by atoms with Crippen molar-refractivity contribution in [3.63, 3.8) is 0 Å². The smallest absolute Gasteiger partial charge is 0.320 e. The Balaban J connectivity index is 1.04. The maximum absolute atomic E-state index is 13.8. The fourth-order valence-corrected chi connectivity index (χ4v) is 6.73. The predicted molar refractivity (Wildman–Crippen MR) is 185 cm³/mol. The van der Waals surface area contributed by atoms with Crippen LogP contribution in [-0.4, -0.2) is 107 Å². The Morgan fingerprint density at radius 1 is 0.959 bits per heavy atom. The Kier molecular flexibility index (Phi) is 10.3. The van der Waals surface area contributed by atoms with E-state index in [1.807, 2.05) is 53.2 Å². The van der Waals surface area contributed by atoms with E-state index in [1.54, 1.807) is 12.3 Å². The van der Waals surface area contributed by atoms with Crippen LogP contribution in [-0.2, 0) is 20.9 Å². The molecule has 49 heavy (non-hydrogen) atoms. The topological polar surface area (TPSA) is 127 Å². The standard InChI is InChI=1S/C36H44N8O5/c1-41-15-8-11-27(41)25-49-36-39-30(35(46)38-29-12-7-13-31-28(29)22-37-44(31)33-14-5-6-20-47-33)21-32(40-36)43-18-16-42(17-19-43)23-34(45)48-24-26-9-3-2-4-10-26/h2-4,7,9-10,12-13,21-22,27,33H,5-6,8,11,14-20,23-25H2,1H3,(H,38,46)/t27-,33?/m0/s1. The molecule has 3 saturated heterocycles. The van der Waals surface area contributed by atoms with Gasteiger partial charge in [0.05, 0.1) is 23.9 Å². The van der Waals surface area contributed by atoms with Crippen LogP contribution in [0.5, 0.6) is 6.01 Å². The van der Waals surface area contributed by atoms with Crippen molar-refractivity contribution in [2.45, 2.75) is 51.0 Å². The molecule has 13 nitrogen and oxygen atoms in total. The molecule has 7 rings (SSSR count). The number of likely N-dealkylation sites (tertiary alicyclic amines) is 1. The number of nitrogens with zero attached hydrogens (tertiary/aromatic N) is 7. The molecule has 2 aromatic heterocycles. The molecule has 2 atom stereocenters. The van der Waals surface area contributed by atoms with Gasteiger partial charge in [-0.15, -0.1) is 0 Å². The lowest BCUT2D eigenvalue weighted by Gasteiger charge is -2.35. The molecule has 2 aromatic carbocycles. The molecule has 5 heterocycles. The molecule has 0 spiro atoms. The molecule has 0 radical (unpaired) electrons. The van der Waals surface area contributed by atoms with E-state index in [1.165, 1.54) is 0 Å². The molecule has 0 saturated carbocycles. The number of benzene rings is 2. The molecule has 3 fully saturated rings. The number of amides is 1. The number of hydrogen-bond acceptors (Lipinski definition) is 11. The van der Waals surface area contributed by atoms with Gasteiger partial charge in [0, 0.05) is 50.3 Å². The van der Waals surface area contributed by atoms with Crippen molar-refractivity contribution >= 4 is 34.3 Å². The Morgan fingerprint density at radius 3 is 2.59 bits per heavy atom. The van der Waals surface area contributed by atoms with Crippen molar-refractivity contribution in [3.05, 3.63) is 72.1 Å². The molecular weight excluding hydrogens is 624 g/mol. The van der Waals surface area contributed by atoms with E-state index in [4.69, 9.17) is 19.2 Å². The lowest BCUT2D eigenvalue weighted by atomic mass is 10.1. The number of carbonyl (C=O) groups is 2. The van der Waals surface area contributed by atoms with Gasteiger partial charge in [0.1, 0.15) is 24.7 Å².